The van der Waals surface area contributed by atoms with Crippen LogP contribution in [-0.2, 0) is 0 Å². The van der Waals surface area contributed by atoms with Gasteiger partial charge in [-0.2, -0.15) is 0 Å². The Hall–Kier alpha value is -1.54. The molecule has 1 atom stereocenters. The lowest BCUT2D eigenvalue weighted by molar-refractivity contribution is 0.417. The van der Waals surface area contributed by atoms with Gasteiger partial charge in [-0.25, -0.2) is 0 Å². The van der Waals surface area contributed by atoms with Gasteiger partial charge in [-0.15, -0.1) is 0 Å². The van der Waals surface area contributed by atoms with Crippen molar-refractivity contribution in [2.75, 3.05) is 6.54 Å². The molecule has 102 valence electrons. The molecular weight excluding hydrogens is 234 g/mol. The van der Waals surface area contributed by atoms with Gasteiger partial charge in [0.15, 0.2) is 0 Å². The van der Waals surface area contributed by atoms with Crippen molar-refractivity contribution < 1.29 is 4.42 Å². The van der Waals surface area contributed by atoms with E-state index in [9.17, 15) is 0 Å². The maximum atomic E-state index is 6.01. The summed E-state index contributed by atoms with van der Waals surface area (Å²) in [5.74, 6) is 1.98. The van der Waals surface area contributed by atoms with E-state index < -0.39 is 0 Å². The summed E-state index contributed by atoms with van der Waals surface area (Å²) in [5, 5.41) is 3.44. The lowest BCUT2D eigenvalue weighted by Gasteiger charge is -2.12. The summed E-state index contributed by atoms with van der Waals surface area (Å²) in [6.07, 6.45) is 1.04. The fourth-order valence-electron chi connectivity index (χ4n) is 2.28. The van der Waals surface area contributed by atoms with Crippen LogP contribution < -0.4 is 5.32 Å². The molecule has 1 heterocycles. The predicted molar refractivity (Wildman–Crippen MR) is 80.3 cm³/mol. The standard InChI is InChI=1S/C17H23NO/c1-5-15(18-6-2)17-10-9-16(19-17)14-8-7-12(3)13(4)11-14/h7-11,15,18H,5-6H2,1-4H3. The molecule has 2 aromatic rings. The van der Waals surface area contributed by atoms with Crippen molar-refractivity contribution in [3.05, 3.63) is 47.2 Å². The molecule has 0 radical (unpaired) electrons. The lowest BCUT2D eigenvalue weighted by Crippen LogP contribution is -2.19. The number of hydrogen-bond acceptors (Lipinski definition) is 2. The molecule has 0 aliphatic heterocycles. The predicted octanol–water partition coefficient (Wildman–Crippen LogP) is 4.62. The van der Waals surface area contributed by atoms with Gasteiger partial charge in [0.25, 0.3) is 0 Å². The molecular formula is C17H23NO. The normalized spacial score (nSPS) is 12.6. The highest BCUT2D eigenvalue weighted by atomic mass is 16.3. The zero-order chi connectivity index (χ0) is 13.8. The second-order valence-corrected chi connectivity index (χ2v) is 5.02. The van der Waals surface area contributed by atoms with Crippen molar-refractivity contribution in [3.63, 3.8) is 0 Å². The van der Waals surface area contributed by atoms with E-state index in [-0.39, 0.29) is 0 Å². The van der Waals surface area contributed by atoms with Crippen LogP contribution in [0.2, 0.25) is 0 Å². The smallest absolute Gasteiger partial charge is 0.134 e. The first kappa shape index (κ1) is 13.9. The van der Waals surface area contributed by atoms with Gasteiger partial charge in [-0.3, -0.25) is 0 Å². The first-order valence-electron chi connectivity index (χ1n) is 7.06. The van der Waals surface area contributed by atoms with Crippen LogP contribution in [0.3, 0.4) is 0 Å². The highest BCUT2D eigenvalue weighted by molar-refractivity contribution is 5.59. The number of rotatable bonds is 5. The van der Waals surface area contributed by atoms with Crippen LogP contribution in [0.4, 0.5) is 0 Å². The van der Waals surface area contributed by atoms with E-state index in [2.05, 4.69) is 63.3 Å². The maximum Gasteiger partial charge on any atom is 0.134 e. The number of benzene rings is 1. The van der Waals surface area contributed by atoms with Crippen molar-refractivity contribution in [2.24, 2.45) is 0 Å². The molecule has 1 aromatic carbocycles. The van der Waals surface area contributed by atoms with Crippen LogP contribution >= 0.6 is 0 Å². The van der Waals surface area contributed by atoms with Crippen LogP contribution in [0.25, 0.3) is 11.3 Å². The number of aryl methyl sites for hydroxylation is 2. The largest absolute Gasteiger partial charge is 0.459 e. The Morgan fingerprint density at radius 2 is 1.84 bits per heavy atom. The zero-order valence-corrected chi connectivity index (χ0v) is 12.3. The van der Waals surface area contributed by atoms with Crippen LogP contribution in [-0.4, -0.2) is 6.54 Å². The monoisotopic (exact) mass is 257 g/mol. The summed E-state index contributed by atoms with van der Waals surface area (Å²) in [6.45, 7) is 9.51. The van der Waals surface area contributed by atoms with Crippen molar-refractivity contribution >= 4 is 0 Å². The quantitative estimate of drug-likeness (QED) is 0.845. The molecule has 1 N–H and O–H groups in total. The molecule has 0 fully saturated rings. The minimum absolute atomic E-state index is 0.310. The molecule has 1 aromatic heterocycles. The van der Waals surface area contributed by atoms with Crippen molar-refractivity contribution in [2.45, 2.75) is 40.2 Å². The summed E-state index contributed by atoms with van der Waals surface area (Å²) in [6, 6.07) is 10.9. The fourth-order valence-corrected chi connectivity index (χ4v) is 2.28. The fraction of sp³-hybridized carbons (Fsp3) is 0.412. The summed E-state index contributed by atoms with van der Waals surface area (Å²) in [5.41, 5.74) is 3.77. The molecule has 0 bridgehead atoms. The van der Waals surface area contributed by atoms with E-state index in [0.29, 0.717) is 6.04 Å². The van der Waals surface area contributed by atoms with E-state index in [4.69, 9.17) is 4.42 Å². The Balaban J connectivity index is 2.27. The topological polar surface area (TPSA) is 25.2 Å². The second kappa shape index (κ2) is 6.07. The third kappa shape index (κ3) is 3.07. The Bertz CT molecular complexity index is 542. The Labute approximate surface area is 115 Å². The molecule has 0 amide bonds. The molecule has 2 heteroatoms. The van der Waals surface area contributed by atoms with Gasteiger partial charge in [-0.05, 0) is 56.1 Å². The molecule has 0 saturated carbocycles. The lowest BCUT2D eigenvalue weighted by atomic mass is 10.1. The molecule has 0 saturated heterocycles. The van der Waals surface area contributed by atoms with E-state index in [0.717, 1.165) is 30.0 Å². The molecule has 0 aliphatic carbocycles. The average Bonchev–Trinajstić information content (AvgIpc) is 2.88. The van der Waals surface area contributed by atoms with Gasteiger partial charge in [0, 0.05) is 5.56 Å². The van der Waals surface area contributed by atoms with Gasteiger partial charge in [-0.1, -0.05) is 26.0 Å². The third-order valence-electron chi connectivity index (χ3n) is 3.62. The number of furan rings is 1. The van der Waals surface area contributed by atoms with Crippen LogP contribution in [0.5, 0.6) is 0 Å². The Morgan fingerprint density at radius 1 is 1.05 bits per heavy atom. The van der Waals surface area contributed by atoms with Crippen LogP contribution in [0.15, 0.2) is 34.7 Å². The molecule has 2 rings (SSSR count). The Kier molecular flexibility index (Phi) is 4.43. The number of hydrogen-bond donors (Lipinski definition) is 1. The molecule has 19 heavy (non-hydrogen) atoms. The highest BCUT2D eigenvalue weighted by Crippen LogP contribution is 2.27. The van der Waals surface area contributed by atoms with E-state index >= 15 is 0 Å². The summed E-state index contributed by atoms with van der Waals surface area (Å²) < 4.78 is 6.01. The van der Waals surface area contributed by atoms with E-state index in [1.54, 1.807) is 0 Å². The zero-order valence-electron chi connectivity index (χ0n) is 12.3. The van der Waals surface area contributed by atoms with Gasteiger partial charge < -0.3 is 9.73 Å². The highest BCUT2D eigenvalue weighted by Gasteiger charge is 2.13. The summed E-state index contributed by atoms with van der Waals surface area (Å²) >= 11 is 0. The first-order chi connectivity index (χ1) is 9.15. The second-order valence-electron chi connectivity index (χ2n) is 5.02. The number of nitrogens with one attached hydrogen (secondary N) is 1. The summed E-state index contributed by atoms with van der Waals surface area (Å²) in [7, 11) is 0. The Morgan fingerprint density at radius 3 is 2.47 bits per heavy atom. The van der Waals surface area contributed by atoms with Crippen molar-refractivity contribution in [1.29, 1.82) is 0 Å². The van der Waals surface area contributed by atoms with Gasteiger partial charge >= 0.3 is 0 Å². The molecule has 1 unspecified atom stereocenters. The van der Waals surface area contributed by atoms with Crippen molar-refractivity contribution in [3.8, 4) is 11.3 Å². The molecule has 2 nitrogen and oxygen atoms in total. The molecule has 0 aliphatic rings. The maximum absolute atomic E-state index is 6.01. The first-order valence-corrected chi connectivity index (χ1v) is 7.06. The van der Waals surface area contributed by atoms with Gasteiger partial charge in [0.05, 0.1) is 6.04 Å². The summed E-state index contributed by atoms with van der Waals surface area (Å²) in [4.78, 5) is 0. The minimum Gasteiger partial charge on any atom is -0.459 e. The average molecular weight is 257 g/mol. The molecule has 0 spiro atoms. The SMILES string of the molecule is CCNC(CC)c1ccc(-c2ccc(C)c(C)c2)o1. The van der Waals surface area contributed by atoms with Crippen molar-refractivity contribution in [1.82, 2.24) is 5.32 Å². The van der Waals surface area contributed by atoms with E-state index in [1.165, 1.54) is 11.1 Å². The third-order valence-corrected chi connectivity index (χ3v) is 3.62. The van der Waals surface area contributed by atoms with Crippen LogP contribution in [0, 0.1) is 13.8 Å². The van der Waals surface area contributed by atoms with Gasteiger partial charge in [0.2, 0.25) is 0 Å². The van der Waals surface area contributed by atoms with E-state index in [1.807, 2.05) is 0 Å². The van der Waals surface area contributed by atoms with Gasteiger partial charge in [0.1, 0.15) is 11.5 Å². The minimum atomic E-state index is 0.310. The van der Waals surface area contributed by atoms with Crippen LogP contribution in [0.1, 0.15) is 43.2 Å².